The highest BCUT2D eigenvalue weighted by Crippen LogP contribution is 2.00. The Balaban J connectivity index is 0.000000252. The monoisotopic (exact) mass is 200 g/mol. The number of carbonyl (C=O) groups excluding carboxylic acids is 1. The van der Waals surface area contributed by atoms with Crippen LogP contribution in [0.15, 0.2) is 30.3 Å². The molecular weight excluding hydrogens is 188 g/mol. The van der Waals surface area contributed by atoms with E-state index in [9.17, 15) is 4.79 Å². The van der Waals surface area contributed by atoms with E-state index < -0.39 is 0 Å². The van der Waals surface area contributed by atoms with Gasteiger partial charge in [-0.05, 0) is 5.56 Å². The molecule has 0 saturated carbocycles. The highest BCUT2D eigenvalue weighted by molar-refractivity contribution is 6.17. The van der Waals surface area contributed by atoms with Crippen LogP contribution in [0.2, 0.25) is 0 Å². The second kappa shape index (κ2) is 7.62. The third-order valence-electron chi connectivity index (χ3n) is 1.28. The molecular formula is C10H13ClO2. The minimum atomic E-state index is -0.245. The predicted octanol–water partition coefficient (Wildman–Crippen LogP) is 2.60. The van der Waals surface area contributed by atoms with E-state index in [1.165, 1.54) is 19.6 Å². The highest BCUT2D eigenvalue weighted by atomic mass is 35.5. The van der Waals surface area contributed by atoms with Crippen LogP contribution < -0.4 is 0 Å². The molecule has 0 fully saturated rings. The fraction of sp³-hybridized carbons (Fsp3) is 0.300. The molecule has 0 spiro atoms. The SMILES string of the molecule is COC(C)=O.ClCc1ccccc1. The minimum absolute atomic E-state index is 0.245. The van der Waals surface area contributed by atoms with E-state index in [-0.39, 0.29) is 5.97 Å². The van der Waals surface area contributed by atoms with Gasteiger partial charge in [-0.3, -0.25) is 4.79 Å². The van der Waals surface area contributed by atoms with Crippen LogP contribution in [-0.2, 0) is 15.4 Å². The van der Waals surface area contributed by atoms with Gasteiger partial charge in [0.1, 0.15) is 0 Å². The highest BCUT2D eigenvalue weighted by Gasteiger charge is 1.81. The molecule has 0 aliphatic rings. The van der Waals surface area contributed by atoms with Crippen molar-refractivity contribution in [1.29, 1.82) is 0 Å². The maximum absolute atomic E-state index is 9.59. The molecule has 13 heavy (non-hydrogen) atoms. The van der Waals surface area contributed by atoms with Crippen molar-refractivity contribution >= 4 is 17.6 Å². The Hall–Kier alpha value is -1.02. The Kier molecular flexibility index (Phi) is 7.02. The summed E-state index contributed by atoms with van der Waals surface area (Å²) in [6.07, 6.45) is 0. The standard InChI is InChI=1S/C7H7Cl.C3H6O2/c8-6-7-4-2-1-3-5-7;1-3(4)5-2/h1-5H,6H2;1-2H3. The summed E-state index contributed by atoms with van der Waals surface area (Å²) in [5, 5.41) is 0. The van der Waals surface area contributed by atoms with Crippen LogP contribution in [-0.4, -0.2) is 13.1 Å². The zero-order chi connectivity index (χ0) is 10.1. The summed E-state index contributed by atoms with van der Waals surface area (Å²) in [7, 11) is 1.35. The van der Waals surface area contributed by atoms with E-state index in [1.807, 2.05) is 30.3 Å². The molecule has 72 valence electrons. The Bertz CT molecular complexity index is 234. The van der Waals surface area contributed by atoms with Gasteiger partial charge in [-0.1, -0.05) is 30.3 Å². The molecule has 0 aliphatic heterocycles. The van der Waals surface area contributed by atoms with Gasteiger partial charge in [0.25, 0.3) is 0 Å². The lowest BCUT2D eigenvalue weighted by atomic mass is 10.2. The molecule has 3 heteroatoms. The van der Waals surface area contributed by atoms with Crippen molar-refractivity contribution < 1.29 is 9.53 Å². The Labute approximate surface area is 83.5 Å². The lowest BCUT2D eigenvalue weighted by Crippen LogP contribution is -1.88. The molecule has 0 unspecified atom stereocenters. The summed E-state index contributed by atoms with van der Waals surface area (Å²) in [4.78, 5) is 9.59. The minimum Gasteiger partial charge on any atom is -0.469 e. The van der Waals surface area contributed by atoms with Crippen molar-refractivity contribution in [2.45, 2.75) is 12.8 Å². The first-order valence-electron chi connectivity index (χ1n) is 3.85. The van der Waals surface area contributed by atoms with E-state index in [1.54, 1.807) is 0 Å². The molecule has 1 rings (SSSR count). The molecule has 0 heterocycles. The van der Waals surface area contributed by atoms with Crippen molar-refractivity contribution in [3.05, 3.63) is 35.9 Å². The molecule has 0 aliphatic carbocycles. The van der Waals surface area contributed by atoms with E-state index in [4.69, 9.17) is 11.6 Å². The van der Waals surface area contributed by atoms with Crippen molar-refractivity contribution in [2.75, 3.05) is 7.11 Å². The Morgan fingerprint density at radius 1 is 1.38 bits per heavy atom. The molecule has 0 amide bonds. The van der Waals surface area contributed by atoms with Crippen molar-refractivity contribution in [2.24, 2.45) is 0 Å². The molecule has 1 aromatic rings. The average Bonchev–Trinajstić information content (AvgIpc) is 2.20. The fourth-order valence-corrected chi connectivity index (χ4v) is 0.745. The molecule has 0 aromatic heterocycles. The number of hydrogen-bond acceptors (Lipinski definition) is 2. The van der Waals surface area contributed by atoms with Crippen molar-refractivity contribution in [1.82, 2.24) is 0 Å². The summed E-state index contributed by atoms with van der Waals surface area (Å²) >= 11 is 5.53. The third-order valence-corrected chi connectivity index (χ3v) is 1.59. The number of esters is 1. The largest absolute Gasteiger partial charge is 0.469 e. The van der Waals surface area contributed by atoms with Gasteiger partial charge in [-0.15, -0.1) is 11.6 Å². The van der Waals surface area contributed by atoms with Gasteiger partial charge in [-0.2, -0.15) is 0 Å². The maximum Gasteiger partial charge on any atom is 0.302 e. The number of alkyl halides is 1. The third kappa shape index (κ3) is 7.34. The summed E-state index contributed by atoms with van der Waals surface area (Å²) in [6, 6.07) is 9.96. The van der Waals surface area contributed by atoms with E-state index in [0.717, 1.165) is 0 Å². The number of ether oxygens (including phenoxy) is 1. The molecule has 0 saturated heterocycles. The van der Waals surface area contributed by atoms with Gasteiger partial charge in [0.05, 0.1) is 7.11 Å². The van der Waals surface area contributed by atoms with Crippen LogP contribution in [0.25, 0.3) is 0 Å². The molecule has 1 aromatic carbocycles. The molecule has 0 N–H and O–H groups in total. The summed E-state index contributed by atoms with van der Waals surface area (Å²) in [6.45, 7) is 1.36. The number of hydrogen-bond donors (Lipinski definition) is 0. The first kappa shape index (κ1) is 12.0. The molecule has 0 atom stereocenters. The number of carbonyl (C=O) groups is 1. The maximum atomic E-state index is 9.59. The number of halogens is 1. The Morgan fingerprint density at radius 2 is 1.85 bits per heavy atom. The Morgan fingerprint density at radius 3 is 2.08 bits per heavy atom. The molecule has 2 nitrogen and oxygen atoms in total. The van der Waals surface area contributed by atoms with E-state index in [2.05, 4.69) is 4.74 Å². The van der Waals surface area contributed by atoms with Gasteiger partial charge in [-0.25, -0.2) is 0 Å². The predicted molar refractivity (Wildman–Crippen MR) is 53.7 cm³/mol. The number of benzene rings is 1. The van der Waals surface area contributed by atoms with Gasteiger partial charge in [0.2, 0.25) is 0 Å². The van der Waals surface area contributed by atoms with Crippen molar-refractivity contribution in [3.8, 4) is 0 Å². The smallest absolute Gasteiger partial charge is 0.302 e. The number of methoxy groups -OCH3 is 1. The van der Waals surface area contributed by atoms with Gasteiger partial charge in [0.15, 0.2) is 0 Å². The summed E-state index contributed by atoms with van der Waals surface area (Å²) < 4.78 is 4.11. The quantitative estimate of drug-likeness (QED) is 0.515. The van der Waals surface area contributed by atoms with Gasteiger partial charge in [0, 0.05) is 12.8 Å². The van der Waals surface area contributed by atoms with Crippen LogP contribution in [0.4, 0.5) is 0 Å². The van der Waals surface area contributed by atoms with Crippen LogP contribution in [0.1, 0.15) is 12.5 Å². The zero-order valence-electron chi connectivity index (χ0n) is 7.79. The van der Waals surface area contributed by atoms with Crippen LogP contribution in [0.3, 0.4) is 0 Å². The summed E-state index contributed by atoms with van der Waals surface area (Å²) in [5.74, 6) is 0.367. The van der Waals surface area contributed by atoms with Crippen molar-refractivity contribution in [3.63, 3.8) is 0 Å². The average molecular weight is 201 g/mol. The second-order valence-electron chi connectivity index (χ2n) is 2.31. The molecule has 0 bridgehead atoms. The zero-order valence-corrected chi connectivity index (χ0v) is 8.54. The normalized spacial score (nSPS) is 8.23. The van der Waals surface area contributed by atoms with Gasteiger partial charge < -0.3 is 4.74 Å². The topological polar surface area (TPSA) is 26.3 Å². The first-order chi connectivity index (χ1) is 6.20. The van der Waals surface area contributed by atoms with Gasteiger partial charge >= 0.3 is 5.97 Å². The number of rotatable bonds is 1. The van der Waals surface area contributed by atoms with Crippen LogP contribution >= 0.6 is 11.6 Å². The van der Waals surface area contributed by atoms with Crippen LogP contribution in [0, 0.1) is 0 Å². The first-order valence-corrected chi connectivity index (χ1v) is 4.38. The second-order valence-corrected chi connectivity index (χ2v) is 2.58. The fourth-order valence-electron chi connectivity index (χ4n) is 0.567. The van der Waals surface area contributed by atoms with E-state index >= 15 is 0 Å². The van der Waals surface area contributed by atoms with Crippen LogP contribution in [0.5, 0.6) is 0 Å². The lowest BCUT2D eigenvalue weighted by molar-refractivity contribution is -0.137. The van der Waals surface area contributed by atoms with E-state index in [0.29, 0.717) is 5.88 Å². The molecule has 0 radical (unpaired) electrons. The lowest BCUT2D eigenvalue weighted by Gasteiger charge is -1.88. The summed E-state index contributed by atoms with van der Waals surface area (Å²) in [5.41, 5.74) is 1.18.